The molecule has 0 amide bonds. The molecule has 0 bridgehead atoms. The maximum atomic E-state index is 12.7. The highest BCUT2D eigenvalue weighted by atomic mass is 19.1. The van der Waals surface area contributed by atoms with Crippen molar-refractivity contribution in [2.45, 2.75) is 45.6 Å². The molecule has 0 spiro atoms. The summed E-state index contributed by atoms with van der Waals surface area (Å²) in [7, 11) is 0. The first-order valence-corrected chi connectivity index (χ1v) is 6.15. The van der Waals surface area contributed by atoms with Gasteiger partial charge in [0.25, 0.3) is 0 Å². The molecule has 0 radical (unpaired) electrons. The van der Waals surface area contributed by atoms with Crippen molar-refractivity contribution >= 4 is 0 Å². The normalized spacial score (nSPS) is 13.1. The van der Waals surface area contributed by atoms with Gasteiger partial charge in [-0.3, -0.25) is 0 Å². The molecule has 1 aromatic rings. The van der Waals surface area contributed by atoms with Crippen LogP contribution in [-0.2, 0) is 6.42 Å². The van der Waals surface area contributed by atoms with Crippen LogP contribution >= 0.6 is 0 Å². The smallest absolute Gasteiger partial charge is 0.123 e. The molecule has 1 rings (SSSR count). The number of halogens is 1. The Bertz CT molecular complexity index is 290. The molecule has 1 aromatic carbocycles. The minimum absolute atomic E-state index is 0.183. The summed E-state index contributed by atoms with van der Waals surface area (Å²) in [6.45, 7) is 4.41. The van der Waals surface area contributed by atoms with Gasteiger partial charge in [-0.15, -0.1) is 0 Å². The van der Waals surface area contributed by atoms with Gasteiger partial charge in [0, 0.05) is 6.04 Å². The van der Waals surface area contributed by atoms with Crippen LogP contribution in [0.5, 0.6) is 0 Å². The lowest BCUT2D eigenvalue weighted by atomic mass is 9.92. The second kappa shape index (κ2) is 6.64. The topological polar surface area (TPSA) is 26.0 Å². The van der Waals surface area contributed by atoms with Crippen molar-refractivity contribution in [2.24, 2.45) is 11.7 Å². The van der Waals surface area contributed by atoms with Gasteiger partial charge >= 0.3 is 0 Å². The third-order valence-electron chi connectivity index (χ3n) is 3.20. The van der Waals surface area contributed by atoms with Gasteiger partial charge in [0.15, 0.2) is 0 Å². The molecular formula is C14H22FN. The highest BCUT2D eigenvalue weighted by Crippen LogP contribution is 2.16. The number of benzene rings is 1. The molecule has 0 saturated carbocycles. The zero-order valence-corrected chi connectivity index (χ0v) is 10.2. The van der Waals surface area contributed by atoms with E-state index >= 15 is 0 Å². The van der Waals surface area contributed by atoms with Gasteiger partial charge < -0.3 is 5.73 Å². The molecular weight excluding hydrogens is 201 g/mol. The molecule has 2 N–H and O–H groups in total. The number of nitrogens with two attached hydrogens (primary N) is 1. The monoisotopic (exact) mass is 223 g/mol. The highest BCUT2D eigenvalue weighted by molar-refractivity contribution is 5.17. The Kier molecular flexibility index (Phi) is 5.47. The fourth-order valence-corrected chi connectivity index (χ4v) is 2.06. The van der Waals surface area contributed by atoms with Gasteiger partial charge in [-0.05, 0) is 36.5 Å². The van der Waals surface area contributed by atoms with E-state index in [0.717, 1.165) is 24.3 Å². The summed E-state index contributed by atoms with van der Waals surface area (Å²) in [5.41, 5.74) is 7.23. The second-order valence-corrected chi connectivity index (χ2v) is 4.51. The van der Waals surface area contributed by atoms with Gasteiger partial charge in [-0.1, -0.05) is 38.8 Å². The van der Waals surface area contributed by atoms with Gasteiger partial charge in [0.05, 0.1) is 0 Å². The largest absolute Gasteiger partial charge is 0.327 e. The molecule has 2 heteroatoms. The molecule has 16 heavy (non-hydrogen) atoms. The molecule has 1 unspecified atom stereocenters. The van der Waals surface area contributed by atoms with Crippen LogP contribution in [0.15, 0.2) is 24.3 Å². The maximum absolute atomic E-state index is 12.7. The van der Waals surface area contributed by atoms with Gasteiger partial charge in [0.1, 0.15) is 5.82 Å². The van der Waals surface area contributed by atoms with Crippen LogP contribution in [0.4, 0.5) is 4.39 Å². The average molecular weight is 223 g/mol. The van der Waals surface area contributed by atoms with E-state index in [1.807, 2.05) is 12.1 Å². The van der Waals surface area contributed by atoms with Crippen LogP contribution in [0.2, 0.25) is 0 Å². The first-order chi connectivity index (χ1) is 7.65. The molecule has 0 aliphatic rings. The van der Waals surface area contributed by atoms with E-state index in [1.165, 1.54) is 25.0 Å². The molecule has 0 fully saturated rings. The number of hydrogen-bond donors (Lipinski definition) is 1. The summed E-state index contributed by atoms with van der Waals surface area (Å²) in [4.78, 5) is 0. The lowest BCUT2D eigenvalue weighted by molar-refractivity contribution is 0.407. The maximum Gasteiger partial charge on any atom is 0.123 e. The zero-order valence-electron chi connectivity index (χ0n) is 10.2. The molecule has 0 heterocycles. The molecule has 0 aliphatic carbocycles. The van der Waals surface area contributed by atoms with Crippen molar-refractivity contribution in [3.05, 3.63) is 35.6 Å². The van der Waals surface area contributed by atoms with Crippen molar-refractivity contribution < 1.29 is 4.39 Å². The third kappa shape index (κ3) is 4.31. The predicted octanol–water partition coefficient (Wildman–Crippen LogP) is 3.52. The number of hydrogen-bond acceptors (Lipinski definition) is 1. The summed E-state index contributed by atoms with van der Waals surface area (Å²) in [5.74, 6) is 0.535. The third-order valence-corrected chi connectivity index (χ3v) is 3.20. The Balaban J connectivity index is 2.44. The lowest BCUT2D eigenvalue weighted by Gasteiger charge is -2.18. The van der Waals surface area contributed by atoms with Crippen LogP contribution < -0.4 is 5.73 Å². The summed E-state index contributed by atoms with van der Waals surface area (Å²) in [5, 5.41) is 0. The molecule has 1 nitrogen and oxygen atoms in total. The fraction of sp³-hybridized carbons (Fsp3) is 0.571. The van der Waals surface area contributed by atoms with Gasteiger partial charge in [-0.2, -0.15) is 0 Å². The molecule has 1 atom stereocenters. The Hall–Kier alpha value is -0.890. The van der Waals surface area contributed by atoms with Crippen molar-refractivity contribution in [3.63, 3.8) is 0 Å². The van der Waals surface area contributed by atoms with E-state index in [9.17, 15) is 4.39 Å². The Morgan fingerprint density at radius 3 is 2.19 bits per heavy atom. The van der Waals surface area contributed by atoms with E-state index in [-0.39, 0.29) is 11.9 Å². The molecule has 0 aliphatic heterocycles. The lowest BCUT2D eigenvalue weighted by Crippen LogP contribution is -2.25. The zero-order chi connectivity index (χ0) is 12.0. The van der Waals surface area contributed by atoms with E-state index in [0.29, 0.717) is 0 Å². The van der Waals surface area contributed by atoms with Gasteiger partial charge in [0.2, 0.25) is 0 Å². The van der Waals surface area contributed by atoms with E-state index in [4.69, 9.17) is 5.73 Å². The predicted molar refractivity (Wildman–Crippen MR) is 66.8 cm³/mol. The Morgan fingerprint density at radius 2 is 1.69 bits per heavy atom. The molecule has 0 aromatic heterocycles. The minimum atomic E-state index is -0.183. The standard InChI is InChI=1S/C14H22FN/c1-3-11(4-2)9-14(16)10-12-5-7-13(15)8-6-12/h5-8,11,14H,3-4,9-10,16H2,1-2H3. The number of rotatable bonds is 6. The van der Waals surface area contributed by atoms with Crippen LogP contribution in [0.3, 0.4) is 0 Å². The summed E-state index contributed by atoms with van der Waals surface area (Å²) < 4.78 is 12.7. The summed E-state index contributed by atoms with van der Waals surface area (Å²) in [6, 6.07) is 6.83. The SMILES string of the molecule is CCC(CC)CC(N)Cc1ccc(F)cc1. The molecule has 90 valence electrons. The van der Waals surface area contributed by atoms with Crippen molar-refractivity contribution in [1.82, 2.24) is 0 Å². The van der Waals surface area contributed by atoms with Gasteiger partial charge in [-0.25, -0.2) is 4.39 Å². The first-order valence-electron chi connectivity index (χ1n) is 6.15. The van der Waals surface area contributed by atoms with Crippen molar-refractivity contribution in [3.8, 4) is 0 Å². The van der Waals surface area contributed by atoms with E-state index in [1.54, 1.807) is 0 Å². The minimum Gasteiger partial charge on any atom is -0.327 e. The average Bonchev–Trinajstić information content (AvgIpc) is 2.29. The van der Waals surface area contributed by atoms with Crippen LogP contribution in [0.1, 0.15) is 38.7 Å². The van der Waals surface area contributed by atoms with E-state index in [2.05, 4.69) is 13.8 Å². The fourth-order valence-electron chi connectivity index (χ4n) is 2.06. The molecule has 0 saturated heterocycles. The second-order valence-electron chi connectivity index (χ2n) is 4.51. The van der Waals surface area contributed by atoms with Crippen LogP contribution in [-0.4, -0.2) is 6.04 Å². The summed E-state index contributed by atoms with van der Waals surface area (Å²) >= 11 is 0. The Morgan fingerprint density at radius 1 is 1.12 bits per heavy atom. The van der Waals surface area contributed by atoms with Crippen LogP contribution in [0, 0.1) is 11.7 Å². The van der Waals surface area contributed by atoms with Crippen molar-refractivity contribution in [2.75, 3.05) is 0 Å². The Labute approximate surface area is 97.9 Å². The highest BCUT2D eigenvalue weighted by Gasteiger charge is 2.10. The van der Waals surface area contributed by atoms with E-state index < -0.39 is 0 Å². The van der Waals surface area contributed by atoms with Crippen LogP contribution in [0.25, 0.3) is 0 Å². The first kappa shape index (κ1) is 13.2. The summed E-state index contributed by atoms with van der Waals surface area (Å²) in [6.07, 6.45) is 4.28. The quantitative estimate of drug-likeness (QED) is 0.784. The van der Waals surface area contributed by atoms with Crippen molar-refractivity contribution in [1.29, 1.82) is 0 Å².